The van der Waals surface area contributed by atoms with E-state index in [0.717, 1.165) is 18.4 Å². The average molecular weight is 496 g/mol. The van der Waals surface area contributed by atoms with Crippen molar-refractivity contribution >= 4 is 11.8 Å². The predicted octanol–water partition coefficient (Wildman–Crippen LogP) is 6.48. The van der Waals surface area contributed by atoms with Crippen molar-refractivity contribution in [2.24, 2.45) is 5.92 Å². The second-order valence-corrected chi connectivity index (χ2v) is 9.46. The first-order valence-corrected chi connectivity index (χ1v) is 12.4. The molecule has 0 N–H and O–H groups in total. The number of hydrogen-bond donors (Lipinski definition) is 0. The number of hydrogen-bond acceptors (Lipinski definition) is 6. The maximum Gasteiger partial charge on any atom is 0.348 e. The normalized spacial score (nSPS) is 21.0. The van der Waals surface area contributed by atoms with Gasteiger partial charge in [0.1, 0.15) is 11.6 Å². The summed E-state index contributed by atoms with van der Waals surface area (Å²) < 4.78 is 16.6. The van der Waals surface area contributed by atoms with Gasteiger partial charge in [-0.2, -0.15) is 5.26 Å². The number of allylic oxidation sites excluding steroid dienone is 5. The number of rotatable bonds is 10. The van der Waals surface area contributed by atoms with Crippen LogP contribution in [0.15, 0.2) is 70.9 Å². The summed E-state index contributed by atoms with van der Waals surface area (Å²) >= 11 is 0. The summed E-state index contributed by atoms with van der Waals surface area (Å²) in [6.07, 6.45) is 9.49. The molecule has 6 nitrogen and oxygen atoms in total. The van der Waals surface area contributed by atoms with E-state index in [1.165, 1.54) is 17.2 Å². The fourth-order valence-corrected chi connectivity index (χ4v) is 3.56. The Hall–Kier alpha value is -3.01. The molecule has 0 aromatic heterocycles. The first-order valence-electron chi connectivity index (χ1n) is 12.4. The minimum Gasteiger partial charge on any atom is -0.462 e. The van der Waals surface area contributed by atoms with Crippen LogP contribution in [0.3, 0.4) is 0 Å². The third-order valence-corrected chi connectivity index (χ3v) is 5.57. The second-order valence-electron chi connectivity index (χ2n) is 9.46. The van der Waals surface area contributed by atoms with Gasteiger partial charge in [0.15, 0.2) is 12.1 Å². The molecule has 0 spiro atoms. The van der Waals surface area contributed by atoms with Gasteiger partial charge in [-0.1, -0.05) is 22.8 Å². The molecule has 1 aliphatic carbocycles. The van der Waals surface area contributed by atoms with E-state index in [9.17, 15) is 14.9 Å². The molecule has 2 rings (SSSR count). The lowest BCUT2D eigenvalue weighted by Gasteiger charge is -2.36. The quantitative estimate of drug-likeness (QED) is 0.149. The Labute approximate surface area is 216 Å². The molecule has 0 bridgehead atoms. The van der Waals surface area contributed by atoms with Gasteiger partial charge in [-0.05, 0) is 90.2 Å². The van der Waals surface area contributed by atoms with Crippen LogP contribution in [-0.4, -0.2) is 37.4 Å². The molecule has 1 heterocycles. The Kier molecular flexibility index (Phi) is 13.7. The van der Waals surface area contributed by atoms with Crippen LogP contribution < -0.4 is 0 Å². The number of Topliss-reactive ketones (excluding diaryl/α,β-unsaturated/α-hetero) is 1. The number of esters is 1. The van der Waals surface area contributed by atoms with Gasteiger partial charge in [0.25, 0.3) is 0 Å². The van der Waals surface area contributed by atoms with E-state index < -0.39 is 12.3 Å². The molecule has 6 heteroatoms. The SMILES string of the molecule is C=C(C)CCC=C(C)C.C=C(C)CCOC1C=C(/C=C(\C#N)C(=O)OCC)C2CC(=O)C(C)=CC2O1. The fourth-order valence-electron chi connectivity index (χ4n) is 3.56. The van der Waals surface area contributed by atoms with E-state index in [1.807, 2.05) is 13.0 Å². The van der Waals surface area contributed by atoms with Crippen molar-refractivity contribution in [2.45, 2.75) is 79.6 Å². The van der Waals surface area contributed by atoms with Crippen molar-refractivity contribution in [3.05, 3.63) is 70.9 Å². The molecule has 0 fully saturated rings. The summed E-state index contributed by atoms with van der Waals surface area (Å²) in [5.41, 5.74) is 4.88. The van der Waals surface area contributed by atoms with Crippen molar-refractivity contribution in [3.63, 3.8) is 0 Å². The maximum atomic E-state index is 12.1. The summed E-state index contributed by atoms with van der Waals surface area (Å²) in [4.78, 5) is 24.1. The van der Waals surface area contributed by atoms with E-state index in [-0.39, 0.29) is 36.4 Å². The monoisotopic (exact) mass is 495 g/mol. The minimum atomic E-state index is -0.683. The number of carbonyl (C=O) groups excluding carboxylic acids is 2. The predicted molar refractivity (Wildman–Crippen MR) is 143 cm³/mol. The third kappa shape index (κ3) is 11.2. The molecule has 3 unspecified atom stereocenters. The van der Waals surface area contributed by atoms with E-state index in [2.05, 4.69) is 40.0 Å². The van der Waals surface area contributed by atoms with Crippen molar-refractivity contribution in [1.29, 1.82) is 5.26 Å². The lowest BCUT2D eigenvalue weighted by Crippen LogP contribution is -2.38. The molecule has 0 radical (unpaired) electrons. The molecular formula is C30H41NO5. The zero-order valence-electron chi connectivity index (χ0n) is 22.7. The zero-order valence-corrected chi connectivity index (χ0v) is 22.7. The maximum absolute atomic E-state index is 12.1. The number of nitrogens with zero attached hydrogens (tertiary/aromatic N) is 1. The highest BCUT2D eigenvalue weighted by atomic mass is 16.7. The fraction of sp³-hybridized carbons (Fsp3) is 0.500. The van der Waals surface area contributed by atoms with Gasteiger partial charge in [0.2, 0.25) is 0 Å². The lowest BCUT2D eigenvalue weighted by atomic mass is 9.79. The highest BCUT2D eigenvalue weighted by molar-refractivity contribution is 5.96. The Morgan fingerprint density at radius 2 is 1.86 bits per heavy atom. The Bertz CT molecular complexity index is 985. The molecule has 0 saturated heterocycles. The van der Waals surface area contributed by atoms with Gasteiger partial charge < -0.3 is 14.2 Å². The van der Waals surface area contributed by atoms with Crippen LogP contribution >= 0.6 is 0 Å². The van der Waals surface area contributed by atoms with Crippen LogP contribution in [0.4, 0.5) is 0 Å². The Morgan fingerprint density at radius 3 is 2.42 bits per heavy atom. The molecule has 0 aromatic rings. The molecule has 1 aliphatic heterocycles. The van der Waals surface area contributed by atoms with Crippen molar-refractivity contribution < 1.29 is 23.8 Å². The average Bonchev–Trinajstić information content (AvgIpc) is 2.78. The highest BCUT2D eigenvalue weighted by Crippen LogP contribution is 2.36. The van der Waals surface area contributed by atoms with Gasteiger partial charge in [-0.3, -0.25) is 4.79 Å². The second kappa shape index (κ2) is 15.9. The standard InChI is InChI=1S/C21H25NO5.C9H16/c1-5-25-21(24)16(12-22)9-15-10-20(26-7-6-13(2)3)27-19-8-14(4)18(23)11-17(15)19;1-8(2)6-5-7-9(3)4/h8-10,17,19-20H,2,5-7,11H2,1,3-4H3;7H,1,5-6H2,2-4H3/b16-9+;. The van der Waals surface area contributed by atoms with Crippen LogP contribution in [0, 0.1) is 17.2 Å². The Morgan fingerprint density at radius 1 is 1.19 bits per heavy atom. The molecule has 0 aromatic carbocycles. The molecule has 0 saturated carbocycles. The van der Waals surface area contributed by atoms with Gasteiger partial charge in [0.05, 0.1) is 19.3 Å². The number of ether oxygens (including phenoxy) is 3. The van der Waals surface area contributed by atoms with Crippen LogP contribution in [-0.2, 0) is 23.8 Å². The number of ketones is 1. The first-order chi connectivity index (χ1) is 17.0. The van der Waals surface area contributed by atoms with Crippen molar-refractivity contribution in [1.82, 2.24) is 0 Å². The van der Waals surface area contributed by atoms with Gasteiger partial charge in [-0.15, -0.1) is 13.2 Å². The lowest BCUT2D eigenvalue weighted by molar-refractivity contribution is -0.152. The molecule has 3 atom stereocenters. The number of fused-ring (bicyclic) bond motifs is 1. The highest BCUT2D eigenvalue weighted by Gasteiger charge is 2.36. The van der Waals surface area contributed by atoms with Gasteiger partial charge >= 0.3 is 5.97 Å². The summed E-state index contributed by atoms with van der Waals surface area (Å²) in [6.45, 7) is 20.0. The summed E-state index contributed by atoms with van der Waals surface area (Å²) in [5, 5.41) is 9.31. The van der Waals surface area contributed by atoms with Crippen molar-refractivity contribution in [2.75, 3.05) is 13.2 Å². The molecular weight excluding hydrogens is 454 g/mol. The zero-order chi connectivity index (χ0) is 27.3. The number of nitriles is 1. The van der Waals surface area contributed by atoms with E-state index >= 15 is 0 Å². The van der Waals surface area contributed by atoms with E-state index in [0.29, 0.717) is 24.2 Å². The van der Waals surface area contributed by atoms with Crippen LogP contribution in [0.25, 0.3) is 0 Å². The van der Waals surface area contributed by atoms with Crippen LogP contribution in [0.5, 0.6) is 0 Å². The summed E-state index contributed by atoms with van der Waals surface area (Å²) in [5.74, 6) is -0.923. The van der Waals surface area contributed by atoms with E-state index in [4.69, 9.17) is 14.2 Å². The molecule has 196 valence electrons. The van der Waals surface area contributed by atoms with Crippen LogP contribution in [0.2, 0.25) is 0 Å². The number of carbonyl (C=O) groups is 2. The molecule has 36 heavy (non-hydrogen) atoms. The topological polar surface area (TPSA) is 85.6 Å². The van der Waals surface area contributed by atoms with Crippen LogP contribution in [0.1, 0.15) is 67.2 Å². The first kappa shape index (κ1) is 31.0. The summed E-state index contributed by atoms with van der Waals surface area (Å²) in [7, 11) is 0. The largest absolute Gasteiger partial charge is 0.462 e. The minimum absolute atomic E-state index is 0.0236. The Balaban J connectivity index is 0.000000613. The van der Waals surface area contributed by atoms with E-state index in [1.54, 1.807) is 26.0 Å². The van der Waals surface area contributed by atoms with Gasteiger partial charge in [0, 0.05) is 12.3 Å². The third-order valence-electron chi connectivity index (χ3n) is 5.57. The molecule has 0 amide bonds. The molecule has 2 aliphatic rings. The smallest absolute Gasteiger partial charge is 0.348 e. The van der Waals surface area contributed by atoms with Gasteiger partial charge in [-0.25, -0.2) is 4.79 Å². The van der Waals surface area contributed by atoms with Crippen molar-refractivity contribution in [3.8, 4) is 6.07 Å². The summed E-state index contributed by atoms with van der Waals surface area (Å²) in [6, 6.07) is 1.87.